The largest absolute Gasteiger partial charge is 0.326 e. The van der Waals surface area contributed by atoms with Crippen LogP contribution in [-0.2, 0) is 11.2 Å². The molecule has 4 nitrogen and oxygen atoms in total. The molecule has 0 spiro atoms. The molecule has 5 heteroatoms. The zero-order valence-corrected chi connectivity index (χ0v) is 14.6. The fourth-order valence-electron chi connectivity index (χ4n) is 2.37. The van der Waals surface area contributed by atoms with Gasteiger partial charge < -0.3 is 5.32 Å². The van der Waals surface area contributed by atoms with Crippen molar-refractivity contribution in [1.82, 2.24) is 9.97 Å². The number of rotatable bonds is 5. The molecule has 1 aromatic carbocycles. The van der Waals surface area contributed by atoms with E-state index < -0.39 is 0 Å². The van der Waals surface area contributed by atoms with Gasteiger partial charge in [0.15, 0.2) is 0 Å². The number of carbonyl (C=O) groups is 1. The third-order valence-corrected chi connectivity index (χ3v) is 4.68. The summed E-state index contributed by atoms with van der Waals surface area (Å²) in [6, 6.07) is 9.94. The van der Waals surface area contributed by atoms with Gasteiger partial charge in [-0.2, -0.15) is 0 Å². The number of aryl methyl sites for hydroxylation is 3. The summed E-state index contributed by atoms with van der Waals surface area (Å²) in [5.41, 5.74) is 5.04. The molecule has 0 saturated carbocycles. The summed E-state index contributed by atoms with van der Waals surface area (Å²) in [7, 11) is 0. The summed E-state index contributed by atoms with van der Waals surface area (Å²) in [4.78, 5) is 20.9. The van der Waals surface area contributed by atoms with Gasteiger partial charge in [0, 0.05) is 35.4 Å². The SMILES string of the molecule is Cc1ccc(C)c(NC(=O)CCc2csc(-c3cccnc3)n2)c1. The number of carbonyl (C=O) groups excluding carboxylic acids is 1. The number of hydrogen-bond acceptors (Lipinski definition) is 4. The van der Waals surface area contributed by atoms with Crippen molar-refractivity contribution in [3.63, 3.8) is 0 Å². The molecule has 0 bridgehead atoms. The molecule has 1 amide bonds. The third-order valence-electron chi connectivity index (χ3n) is 3.74. The Balaban J connectivity index is 1.59. The lowest BCUT2D eigenvalue weighted by atomic mass is 10.1. The maximum atomic E-state index is 12.2. The van der Waals surface area contributed by atoms with Crippen molar-refractivity contribution in [3.8, 4) is 10.6 Å². The molecule has 0 radical (unpaired) electrons. The molecule has 2 heterocycles. The van der Waals surface area contributed by atoms with E-state index in [4.69, 9.17) is 0 Å². The van der Waals surface area contributed by atoms with E-state index in [0.717, 1.165) is 33.1 Å². The highest BCUT2D eigenvalue weighted by molar-refractivity contribution is 7.13. The minimum atomic E-state index is 0.0135. The molecule has 0 aliphatic rings. The highest BCUT2D eigenvalue weighted by Gasteiger charge is 2.09. The van der Waals surface area contributed by atoms with Gasteiger partial charge in [-0.3, -0.25) is 9.78 Å². The highest BCUT2D eigenvalue weighted by Crippen LogP contribution is 2.23. The van der Waals surface area contributed by atoms with Crippen LogP contribution < -0.4 is 5.32 Å². The summed E-state index contributed by atoms with van der Waals surface area (Å²) in [6.07, 6.45) is 4.60. The van der Waals surface area contributed by atoms with E-state index in [0.29, 0.717) is 12.8 Å². The van der Waals surface area contributed by atoms with Gasteiger partial charge in [0.05, 0.1) is 5.69 Å². The molecular formula is C19H19N3OS. The van der Waals surface area contributed by atoms with Crippen LogP contribution in [0.25, 0.3) is 10.6 Å². The maximum absolute atomic E-state index is 12.2. The quantitative estimate of drug-likeness (QED) is 0.751. The summed E-state index contributed by atoms with van der Waals surface area (Å²) >= 11 is 1.58. The van der Waals surface area contributed by atoms with Crippen LogP contribution in [0.1, 0.15) is 23.2 Å². The first-order valence-electron chi connectivity index (χ1n) is 7.84. The standard InChI is InChI=1S/C19H19N3OS/c1-13-5-6-14(2)17(10-13)22-18(23)8-7-16-12-24-19(21-16)15-4-3-9-20-11-15/h3-6,9-12H,7-8H2,1-2H3,(H,22,23). The van der Waals surface area contributed by atoms with Gasteiger partial charge in [0.1, 0.15) is 5.01 Å². The van der Waals surface area contributed by atoms with Gasteiger partial charge in [-0.05, 0) is 49.6 Å². The second-order valence-electron chi connectivity index (χ2n) is 5.75. The molecule has 2 aromatic heterocycles. The van der Waals surface area contributed by atoms with Gasteiger partial charge >= 0.3 is 0 Å². The predicted molar refractivity (Wildman–Crippen MR) is 98.2 cm³/mol. The van der Waals surface area contributed by atoms with E-state index in [1.54, 1.807) is 23.7 Å². The fraction of sp³-hybridized carbons (Fsp3) is 0.211. The maximum Gasteiger partial charge on any atom is 0.224 e. The summed E-state index contributed by atoms with van der Waals surface area (Å²) in [5, 5.41) is 5.93. The van der Waals surface area contributed by atoms with E-state index in [9.17, 15) is 4.79 Å². The second kappa shape index (κ2) is 7.36. The average molecular weight is 337 g/mol. The van der Waals surface area contributed by atoms with E-state index in [2.05, 4.69) is 15.3 Å². The minimum Gasteiger partial charge on any atom is -0.326 e. The van der Waals surface area contributed by atoms with Crippen LogP contribution in [0.2, 0.25) is 0 Å². The number of aromatic nitrogens is 2. The molecule has 1 N–H and O–H groups in total. The van der Waals surface area contributed by atoms with E-state index in [1.165, 1.54) is 0 Å². The van der Waals surface area contributed by atoms with Crippen molar-refractivity contribution >= 4 is 22.9 Å². The van der Waals surface area contributed by atoms with Crippen LogP contribution in [0.4, 0.5) is 5.69 Å². The Morgan fingerprint density at radius 1 is 1.25 bits per heavy atom. The summed E-state index contributed by atoms with van der Waals surface area (Å²) in [6.45, 7) is 4.01. The van der Waals surface area contributed by atoms with Crippen LogP contribution in [0.3, 0.4) is 0 Å². The van der Waals surface area contributed by atoms with Gasteiger partial charge in [-0.1, -0.05) is 12.1 Å². The zero-order valence-electron chi connectivity index (χ0n) is 13.7. The Kier molecular flexibility index (Phi) is 5.01. The number of benzene rings is 1. The lowest BCUT2D eigenvalue weighted by Gasteiger charge is -2.08. The Morgan fingerprint density at radius 2 is 2.12 bits per heavy atom. The van der Waals surface area contributed by atoms with Crippen LogP contribution in [0.5, 0.6) is 0 Å². The fourth-order valence-corrected chi connectivity index (χ4v) is 3.21. The second-order valence-corrected chi connectivity index (χ2v) is 6.61. The van der Waals surface area contributed by atoms with Crippen molar-refractivity contribution in [2.75, 3.05) is 5.32 Å². The van der Waals surface area contributed by atoms with Gasteiger partial charge in [-0.25, -0.2) is 4.98 Å². The first-order chi connectivity index (χ1) is 11.6. The van der Waals surface area contributed by atoms with Crippen molar-refractivity contribution in [1.29, 1.82) is 0 Å². The number of nitrogens with one attached hydrogen (secondary N) is 1. The number of thiazole rings is 1. The predicted octanol–water partition coefficient (Wildman–Crippen LogP) is 4.39. The summed E-state index contributed by atoms with van der Waals surface area (Å²) < 4.78 is 0. The lowest BCUT2D eigenvalue weighted by Crippen LogP contribution is -2.13. The Morgan fingerprint density at radius 3 is 2.92 bits per heavy atom. The molecule has 3 aromatic rings. The Labute approximate surface area is 145 Å². The van der Waals surface area contributed by atoms with Crippen molar-refractivity contribution in [3.05, 3.63) is 64.9 Å². The van der Waals surface area contributed by atoms with E-state index in [1.807, 2.05) is 49.6 Å². The molecule has 24 heavy (non-hydrogen) atoms. The first-order valence-corrected chi connectivity index (χ1v) is 8.72. The molecule has 0 fully saturated rings. The van der Waals surface area contributed by atoms with Crippen LogP contribution in [-0.4, -0.2) is 15.9 Å². The minimum absolute atomic E-state index is 0.0135. The van der Waals surface area contributed by atoms with Crippen LogP contribution in [0, 0.1) is 13.8 Å². The van der Waals surface area contributed by atoms with Crippen molar-refractivity contribution in [2.24, 2.45) is 0 Å². The van der Waals surface area contributed by atoms with Crippen molar-refractivity contribution in [2.45, 2.75) is 26.7 Å². The smallest absolute Gasteiger partial charge is 0.224 e. The van der Waals surface area contributed by atoms with Crippen molar-refractivity contribution < 1.29 is 4.79 Å². The highest BCUT2D eigenvalue weighted by atomic mass is 32.1. The molecule has 122 valence electrons. The molecule has 0 atom stereocenters. The van der Waals surface area contributed by atoms with E-state index >= 15 is 0 Å². The van der Waals surface area contributed by atoms with Gasteiger partial charge in [0.25, 0.3) is 0 Å². The molecule has 0 aliphatic heterocycles. The van der Waals surface area contributed by atoms with E-state index in [-0.39, 0.29) is 5.91 Å². The van der Waals surface area contributed by atoms with Crippen LogP contribution >= 0.6 is 11.3 Å². The zero-order chi connectivity index (χ0) is 16.9. The number of hydrogen-bond donors (Lipinski definition) is 1. The third kappa shape index (κ3) is 4.06. The first kappa shape index (κ1) is 16.3. The molecule has 0 aliphatic carbocycles. The van der Waals surface area contributed by atoms with Crippen LogP contribution in [0.15, 0.2) is 48.1 Å². The molecular weight excluding hydrogens is 318 g/mol. The topological polar surface area (TPSA) is 54.9 Å². The number of nitrogens with zero attached hydrogens (tertiary/aromatic N) is 2. The Bertz CT molecular complexity index is 843. The lowest BCUT2D eigenvalue weighted by molar-refractivity contribution is -0.116. The molecule has 0 unspecified atom stereocenters. The van der Waals surface area contributed by atoms with Gasteiger partial charge in [-0.15, -0.1) is 11.3 Å². The average Bonchev–Trinajstić information content (AvgIpc) is 3.06. The molecule has 3 rings (SSSR count). The number of pyridine rings is 1. The normalized spacial score (nSPS) is 10.6. The number of amides is 1. The van der Waals surface area contributed by atoms with Gasteiger partial charge in [0.2, 0.25) is 5.91 Å². The Hall–Kier alpha value is -2.53. The summed E-state index contributed by atoms with van der Waals surface area (Å²) in [5.74, 6) is 0.0135. The number of anilines is 1. The monoisotopic (exact) mass is 337 g/mol. The molecule has 0 saturated heterocycles.